The van der Waals surface area contributed by atoms with Gasteiger partial charge >= 0.3 is 0 Å². The average molecular weight is 388 g/mol. The molecule has 1 amide bonds. The highest BCUT2D eigenvalue weighted by atomic mass is 79.9. The van der Waals surface area contributed by atoms with E-state index in [1.165, 1.54) is 0 Å². The number of nitrogens with one attached hydrogen (secondary N) is 1. The SMILES string of the molecule is Cc1ccc(C(=O)CCC(=O)N[C@H](C)c2ccc(Br)cc2)cc1C. The molecule has 0 radical (unpaired) electrons. The van der Waals surface area contributed by atoms with Crippen LogP contribution in [0.25, 0.3) is 0 Å². The van der Waals surface area contributed by atoms with Gasteiger partial charge in [0.15, 0.2) is 5.78 Å². The second kappa shape index (κ2) is 8.25. The summed E-state index contributed by atoms with van der Waals surface area (Å²) in [6.07, 6.45) is 0.425. The molecule has 1 N–H and O–H groups in total. The normalized spacial score (nSPS) is 11.8. The van der Waals surface area contributed by atoms with Crippen molar-refractivity contribution in [1.29, 1.82) is 0 Å². The maximum absolute atomic E-state index is 12.2. The van der Waals surface area contributed by atoms with Gasteiger partial charge in [-0.15, -0.1) is 0 Å². The fourth-order valence-corrected chi connectivity index (χ4v) is 2.70. The van der Waals surface area contributed by atoms with E-state index in [4.69, 9.17) is 0 Å². The molecule has 0 saturated carbocycles. The zero-order chi connectivity index (χ0) is 17.7. The highest BCUT2D eigenvalue weighted by Gasteiger charge is 2.13. The number of carbonyl (C=O) groups is 2. The van der Waals surface area contributed by atoms with Crippen LogP contribution in [0.5, 0.6) is 0 Å². The summed E-state index contributed by atoms with van der Waals surface area (Å²) in [6, 6.07) is 13.4. The van der Waals surface area contributed by atoms with Gasteiger partial charge in [0.25, 0.3) is 0 Å². The topological polar surface area (TPSA) is 46.2 Å². The van der Waals surface area contributed by atoms with Gasteiger partial charge in [0.1, 0.15) is 0 Å². The van der Waals surface area contributed by atoms with Gasteiger partial charge in [-0.05, 0) is 55.7 Å². The summed E-state index contributed by atoms with van der Waals surface area (Å²) in [7, 11) is 0. The molecule has 2 aromatic carbocycles. The number of hydrogen-bond donors (Lipinski definition) is 1. The molecule has 0 aliphatic heterocycles. The Balaban J connectivity index is 1.87. The Morgan fingerprint density at radius 1 is 1.00 bits per heavy atom. The molecular formula is C20H22BrNO2. The highest BCUT2D eigenvalue weighted by molar-refractivity contribution is 9.10. The quantitative estimate of drug-likeness (QED) is 0.715. The number of halogens is 1. The van der Waals surface area contributed by atoms with E-state index < -0.39 is 0 Å². The maximum Gasteiger partial charge on any atom is 0.220 e. The van der Waals surface area contributed by atoms with Gasteiger partial charge in [0.05, 0.1) is 6.04 Å². The average Bonchev–Trinajstić information content (AvgIpc) is 2.55. The largest absolute Gasteiger partial charge is 0.350 e. The summed E-state index contributed by atoms with van der Waals surface area (Å²) in [4.78, 5) is 24.3. The predicted molar refractivity (Wildman–Crippen MR) is 100 cm³/mol. The van der Waals surface area contributed by atoms with E-state index >= 15 is 0 Å². The second-order valence-corrected chi connectivity index (χ2v) is 6.98. The molecule has 0 aliphatic carbocycles. The monoisotopic (exact) mass is 387 g/mol. The smallest absolute Gasteiger partial charge is 0.220 e. The predicted octanol–water partition coefficient (Wildman–Crippen LogP) is 4.91. The molecule has 4 heteroatoms. The molecule has 0 bridgehead atoms. The lowest BCUT2D eigenvalue weighted by Crippen LogP contribution is -2.26. The molecule has 0 unspecified atom stereocenters. The van der Waals surface area contributed by atoms with E-state index in [9.17, 15) is 9.59 Å². The van der Waals surface area contributed by atoms with Crippen LogP contribution in [0.2, 0.25) is 0 Å². The molecule has 3 nitrogen and oxygen atoms in total. The lowest BCUT2D eigenvalue weighted by molar-refractivity contribution is -0.121. The van der Waals surface area contributed by atoms with Crippen molar-refractivity contribution in [2.75, 3.05) is 0 Å². The van der Waals surface area contributed by atoms with Crippen molar-refractivity contribution in [2.45, 2.75) is 39.7 Å². The summed E-state index contributed by atoms with van der Waals surface area (Å²) in [6.45, 7) is 5.94. The number of carbonyl (C=O) groups excluding carboxylic acids is 2. The van der Waals surface area contributed by atoms with Crippen LogP contribution in [0, 0.1) is 13.8 Å². The first-order valence-electron chi connectivity index (χ1n) is 8.02. The number of benzene rings is 2. The maximum atomic E-state index is 12.2. The summed E-state index contributed by atoms with van der Waals surface area (Å²) >= 11 is 3.39. The molecule has 0 heterocycles. The fourth-order valence-electron chi connectivity index (χ4n) is 2.43. The van der Waals surface area contributed by atoms with E-state index in [1.807, 2.05) is 63.2 Å². The van der Waals surface area contributed by atoms with Crippen molar-refractivity contribution in [3.63, 3.8) is 0 Å². The van der Waals surface area contributed by atoms with Crippen molar-refractivity contribution >= 4 is 27.6 Å². The van der Waals surface area contributed by atoms with Crippen molar-refractivity contribution < 1.29 is 9.59 Å². The minimum Gasteiger partial charge on any atom is -0.350 e. The molecule has 0 aromatic heterocycles. The number of Topliss-reactive ketones (excluding diaryl/α,β-unsaturated/α-hetero) is 1. The molecule has 126 valence electrons. The molecular weight excluding hydrogens is 366 g/mol. The number of aryl methyl sites for hydroxylation is 2. The van der Waals surface area contributed by atoms with Gasteiger partial charge in [-0.25, -0.2) is 0 Å². The van der Waals surface area contributed by atoms with Crippen LogP contribution in [0.4, 0.5) is 0 Å². The van der Waals surface area contributed by atoms with Gasteiger partial charge in [0.2, 0.25) is 5.91 Å². The Morgan fingerprint density at radius 3 is 2.29 bits per heavy atom. The van der Waals surface area contributed by atoms with E-state index in [1.54, 1.807) is 0 Å². The molecule has 0 spiro atoms. The molecule has 2 rings (SSSR count). The number of amides is 1. The number of rotatable bonds is 6. The van der Waals surface area contributed by atoms with Gasteiger partial charge in [-0.3, -0.25) is 9.59 Å². The lowest BCUT2D eigenvalue weighted by atomic mass is 10.0. The first kappa shape index (κ1) is 18.4. The fraction of sp³-hybridized carbons (Fsp3) is 0.300. The van der Waals surface area contributed by atoms with Crippen LogP contribution < -0.4 is 5.32 Å². The molecule has 0 saturated heterocycles. The van der Waals surface area contributed by atoms with E-state index in [2.05, 4.69) is 21.2 Å². The summed E-state index contributed by atoms with van der Waals surface area (Å²) < 4.78 is 1.00. The Kier molecular flexibility index (Phi) is 6.32. The van der Waals surface area contributed by atoms with Gasteiger partial charge in [-0.1, -0.05) is 40.2 Å². The zero-order valence-corrected chi connectivity index (χ0v) is 15.8. The standard InChI is InChI=1S/C20H22BrNO2/c1-13-4-5-17(12-14(13)2)19(23)10-11-20(24)22-15(3)16-6-8-18(21)9-7-16/h4-9,12,15H,10-11H2,1-3H3,(H,22,24)/t15-/m1/s1. The van der Waals surface area contributed by atoms with Crippen molar-refractivity contribution in [1.82, 2.24) is 5.32 Å². The summed E-state index contributed by atoms with van der Waals surface area (Å²) in [5.74, 6) is -0.104. The Morgan fingerprint density at radius 2 is 1.67 bits per heavy atom. The van der Waals surface area contributed by atoms with Crippen LogP contribution >= 0.6 is 15.9 Å². The van der Waals surface area contributed by atoms with Gasteiger partial charge in [-0.2, -0.15) is 0 Å². The minimum absolute atomic E-state index is 0.00421. The second-order valence-electron chi connectivity index (χ2n) is 6.06. The van der Waals surface area contributed by atoms with Crippen molar-refractivity contribution in [3.8, 4) is 0 Å². The highest BCUT2D eigenvalue weighted by Crippen LogP contribution is 2.17. The molecule has 2 aromatic rings. The lowest BCUT2D eigenvalue weighted by Gasteiger charge is -2.14. The third-order valence-electron chi connectivity index (χ3n) is 4.16. The first-order chi connectivity index (χ1) is 11.4. The third kappa shape index (κ3) is 5.03. The molecule has 1 atom stereocenters. The molecule has 0 aliphatic rings. The Hall–Kier alpha value is -1.94. The first-order valence-corrected chi connectivity index (χ1v) is 8.81. The summed E-state index contributed by atoms with van der Waals surface area (Å²) in [5.41, 5.74) is 3.96. The van der Waals surface area contributed by atoms with Crippen LogP contribution in [0.3, 0.4) is 0 Å². The van der Waals surface area contributed by atoms with E-state index in [0.717, 1.165) is 21.2 Å². The minimum atomic E-state index is -0.109. The zero-order valence-electron chi connectivity index (χ0n) is 14.2. The number of ketones is 1. The van der Waals surface area contributed by atoms with Crippen LogP contribution in [0.1, 0.15) is 52.9 Å². The van der Waals surface area contributed by atoms with Crippen LogP contribution in [-0.4, -0.2) is 11.7 Å². The number of hydrogen-bond acceptors (Lipinski definition) is 2. The van der Waals surface area contributed by atoms with Gasteiger partial charge < -0.3 is 5.32 Å². The molecule has 24 heavy (non-hydrogen) atoms. The Labute approximate surface area is 151 Å². The van der Waals surface area contributed by atoms with E-state index in [-0.39, 0.29) is 30.6 Å². The Bertz CT molecular complexity index is 738. The molecule has 0 fully saturated rings. The summed E-state index contributed by atoms with van der Waals surface area (Å²) in [5, 5.41) is 2.94. The van der Waals surface area contributed by atoms with Crippen LogP contribution in [-0.2, 0) is 4.79 Å². The van der Waals surface area contributed by atoms with Crippen molar-refractivity contribution in [2.24, 2.45) is 0 Å². The van der Waals surface area contributed by atoms with Crippen molar-refractivity contribution in [3.05, 3.63) is 69.2 Å². The van der Waals surface area contributed by atoms with E-state index in [0.29, 0.717) is 5.56 Å². The third-order valence-corrected chi connectivity index (χ3v) is 4.68. The van der Waals surface area contributed by atoms with Crippen LogP contribution in [0.15, 0.2) is 46.9 Å². The van der Waals surface area contributed by atoms with Gasteiger partial charge in [0, 0.05) is 22.9 Å².